The molecule has 9 heteroatoms. The maximum Gasteiger partial charge on any atom is 0.469 e. The predicted molar refractivity (Wildman–Crippen MR) is 212 cm³/mol. The summed E-state index contributed by atoms with van der Waals surface area (Å²) in [6.45, 7) is 3.70. The molecule has 0 heterocycles. The highest BCUT2D eigenvalue weighted by atomic mass is 31.2. The number of esters is 2. The van der Waals surface area contributed by atoms with Crippen LogP contribution < -0.4 is 0 Å². The molecule has 0 bridgehead atoms. The van der Waals surface area contributed by atoms with E-state index in [1.165, 1.54) is 148 Å². The number of carbonyl (C=O) groups excluding carboxylic acids is 2. The summed E-state index contributed by atoms with van der Waals surface area (Å²) in [5.41, 5.74) is 0. The molecule has 1 unspecified atom stereocenters. The molecule has 0 aliphatic carbocycles. The van der Waals surface area contributed by atoms with E-state index in [4.69, 9.17) is 19.3 Å². The van der Waals surface area contributed by atoms with Gasteiger partial charge in [-0.15, -0.1) is 0 Å². The summed E-state index contributed by atoms with van der Waals surface area (Å²) in [7, 11) is -4.75. The molecule has 8 nitrogen and oxygen atoms in total. The van der Waals surface area contributed by atoms with Gasteiger partial charge in [0.15, 0.2) is 6.10 Å². The maximum atomic E-state index is 12.4. The second kappa shape index (κ2) is 38.5. The molecule has 2 N–H and O–H groups in total. The number of ether oxygens (including phenoxy) is 2. The van der Waals surface area contributed by atoms with Crippen LogP contribution >= 0.6 is 7.82 Å². The quantitative estimate of drug-likeness (QED) is 0.0275. The maximum absolute atomic E-state index is 12.4. The van der Waals surface area contributed by atoms with Crippen LogP contribution in [0.5, 0.6) is 0 Å². The van der Waals surface area contributed by atoms with E-state index in [0.717, 1.165) is 44.9 Å². The van der Waals surface area contributed by atoms with Gasteiger partial charge in [0.25, 0.3) is 0 Å². The highest BCUT2D eigenvalue weighted by molar-refractivity contribution is 7.46. The van der Waals surface area contributed by atoms with Crippen LogP contribution in [-0.2, 0) is 28.2 Å². The summed E-state index contributed by atoms with van der Waals surface area (Å²) in [6, 6.07) is 0. The minimum Gasteiger partial charge on any atom is -0.462 e. The van der Waals surface area contributed by atoms with E-state index in [-0.39, 0.29) is 19.4 Å². The molecule has 0 aromatic heterocycles. The van der Waals surface area contributed by atoms with Crippen molar-refractivity contribution in [2.45, 2.75) is 232 Å². The largest absolute Gasteiger partial charge is 0.469 e. The number of hydrogen-bond donors (Lipinski definition) is 2. The summed E-state index contributed by atoms with van der Waals surface area (Å²) >= 11 is 0. The van der Waals surface area contributed by atoms with Crippen LogP contribution in [-0.4, -0.2) is 41.0 Å². The lowest BCUT2D eigenvalue weighted by Gasteiger charge is -2.18. The Labute approximate surface area is 314 Å². The zero-order chi connectivity index (χ0) is 37.5. The molecule has 0 saturated carbocycles. The number of rotatable bonds is 40. The molecule has 0 aliphatic heterocycles. The number of carbonyl (C=O) groups is 2. The van der Waals surface area contributed by atoms with Gasteiger partial charge in [0.05, 0.1) is 6.61 Å². The van der Waals surface area contributed by atoms with Crippen molar-refractivity contribution < 1.29 is 37.9 Å². The molecule has 0 aromatic carbocycles. The van der Waals surface area contributed by atoms with E-state index in [2.05, 4.69) is 30.5 Å². The van der Waals surface area contributed by atoms with E-state index in [9.17, 15) is 14.2 Å². The van der Waals surface area contributed by atoms with Crippen molar-refractivity contribution in [1.29, 1.82) is 0 Å². The second-order valence-electron chi connectivity index (χ2n) is 14.7. The van der Waals surface area contributed by atoms with Gasteiger partial charge in [0.2, 0.25) is 0 Å². The van der Waals surface area contributed by atoms with Crippen LogP contribution in [0.15, 0.2) is 12.2 Å². The number of phosphoric ester groups is 1. The lowest BCUT2D eigenvalue weighted by atomic mass is 10.0. The smallest absolute Gasteiger partial charge is 0.462 e. The summed E-state index contributed by atoms with van der Waals surface area (Å²) in [4.78, 5) is 42.8. The Hall–Kier alpha value is -1.21. The van der Waals surface area contributed by atoms with E-state index >= 15 is 0 Å². The van der Waals surface area contributed by atoms with Crippen LogP contribution in [0.1, 0.15) is 226 Å². The van der Waals surface area contributed by atoms with E-state index in [0.29, 0.717) is 6.42 Å². The average molecular weight is 745 g/mol. The van der Waals surface area contributed by atoms with Crippen molar-refractivity contribution in [1.82, 2.24) is 0 Å². The van der Waals surface area contributed by atoms with Crippen LogP contribution in [0.4, 0.5) is 0 Å². The zero-order valence-corrected chi connectivity index (χ0v) is 34.2. The first kappa shape index (κ1) is 49.8. The molecule has 1 atom stereocenters. The zero-order valence-electron chi connectivity index (χ0n) is 33.3. The molecular formula is C42H81O8P. The standard InChI is InChI=1S/C42H81O8P/c1-3-5-7-9-11-13-15-17-19-20-21-23-25-27-29-31-33-35-37-42(44)50-40(39-49-51(45,46)47)38-48-41(43)36-34-32-30-28-26-24-22-18-16-14-12-10-8-6-4-2/h19-20,40H,3-18,21-39H2,1-2H3,(H2,45,46,47)/b20-19-. The van der Waals surface area contributed by atoms with Gasteiger partial charge in [-0.05, 0) is 38.5 Å². The minimum atomic E-state index is -4.75. The first-order chi connectivity index (χ1) is 24.8. The molecule has 0 spiro atoms. The Kier molecular flexibility index (Phi) is 37.6. The van der Waals surface area contributed by atoms with Gasteiger partial charge < -0.3 is 19.3 Å². The van der Waals surface area contributed by atoms with Crippen LogP contribution in [0.3, 0.4) is 0 Å². The topological polar surface area (TPSA) is 119 Å². The third kappa shape index (κ3) is 41.4. The number of unbranched alkanes of at least 4 members (excludes halogenated alkanes) is 28. The van der Waals surface area contributed by atoms with Crippen molar-refractivity contribution >= 4 is 19.8 Å². The van der Waals surface area contributed by atoms with Gasteiger partial charge in [-0.2, -0.15) is 0 Å². The third-order valence-corrected chi connectivity index (χ3v) is 10.0. The fourth-order valence-electron chi connectivity index (χ4n) is 6.31. The summed E-state index contributed by atoms with van der Waals surface area (Å²) in [5, 5.41) is 0. The van der Waals surface area contributed by atoms with Crippen molar-refractivity contribution in [3.8, 4) is 0 Å². The average Bonchev–Trinajstić information content (AvgIpc) is 3.10. The lowest BCUT2D eigenvalue weighted by molar-refractivity contribution is -0.161. The van der Waals surface area contributed by atoms with Crippen molar-refractivity contribution in [3.05, 3.63) is 12.2 Å². The monoisotopic (exact) mass is 745 g/mol. The number of phosphoric acid groups is 1. The first-order valence-electron chi connectivity index (χ1n) is 21.5. The molecule has 0 fully saturated rings. The number of allylic oxidation sites excluding steroid dienone is 2. The molecule has 0 aliphatic rings. The first-order valence-corrected chi connectivity index (χ1v) is 23.0. The highest BCUT2D eigenvalue weighted by Crippen LogP contribution is 2.36. The Morgan fingerprint density at radius 3 is 1.20 bits per heavy atom. The summed E-state index contributed by atoms with van der Waals surface area (Å²) in [6.07, 6.45) is 42.1. The fourth-order valence-corrected chi connectivity index (χ4v) is 6.67. The van der Waals surface area contributed by atoms with Crippen molar-refractivity contribution in [2.75, 3.05) is 13.2 Å². The van der Waals surface area contributed by atoms with Gasteiger partial charge in [-0.25, -0.2) is 4.57 Å². The minimum absolute atomic E-state index is 0.211. The highest BCUT2D eigenvalue weighted by Gasteiger charge is 2.22. The van der Waals surface area contributed by atoms with Crippen LogP contribution in [0.2, 0.25) is 0 Å². The van der Waals surface area contributed by atoms with Crippen LogP contribution in [0, 0.1) is 0 Å². The molecule has 0 radical (unpaired) electrons. The van der Waals surface area contributed by atoms with Crippen LogP contribution in [0.25, 0.3) is 0 Å². The Morgan fingerprint density at radius 2 is 0.824 bits per heavy atom. The summed E-state index contributed by atoms with van der Waals surface area (Å²) in [5.74, 6) is -0.877. The molecule has 0 aromatic rings. The molecule has 0 rings (SSSR count). The van der Waals surface area contributed by atoms with E-state index in [1.54, 1.807) is 0 Å². The van der Waals surface area contributed by atoms with Gasteiger partial charge in [-0.1, -0.05) is 187 Å². The van der Waals surface area contributed by atoms with E-state index < -0.39 is 32.5 Å². The van der Waals surface area contributed by atoms with Crippen molar-refractivity contribution in [2.24, 2.45) is 0 Å². The SMILES string of the molecule is CCCCCCCCC/C=C\CCCCCCCCCC(=O)OC(COC(=O)CCCCCCCCCCCCCCCCC)COP(=O)(O)O. The second-order valence-corrected chi connectivity index (χ2v) is 15.9. The van der Waals surface area contributed by atoms with Gasteiger partial charge >= 0.3 is 19.8 Å². The van der Waals surface area contributed by atoms with Gasteiger partial charge in [0.1, 0.15) is 6.61 Å². The summed E-state index contributed by atoms with van der Waals surface area (Å²) < 4.78 is 26.4. The van der Waals surface area contributed by atoms with Gasteiger partial charge in [-0.3, -0.25) is 14.1 Å². The molecule has 302 valence electrons. The predicted octanol–water partition coefficient (Wildman–Crippen LogP) is 13.0. The fraction of sp³-hybridized carbons (Fsp3) is 0.905. The van der Waals surface area contributed by atoms with Crippen molar-refractivity contribution in [3.63, 3.8) is 0 Å². The van der Waals surface area contributed by atoms with E-state index in [1.807, 2.05) is 0 Å². The van der Waals surface area contributed by atoms with Gasteiger partial charge in [0, 0.05) is 12.8 Å². The third-order valence-electron chi connectivity index (χ3n) is 9.53. The Balaban J connectivity index is 3.88. The number of hydrogen-bond acceptors (Lipinski definition) is 6. The Bertz CT molecular complexity index is 843. The Morgan fingerprint density at radius 1 is 0.490 bits per heavy atom. The molecule has 51 heavy (non-hydrogen) atoms. The molecular weight excluding hydrogens is 663 g/mol. The normalized spacial score (nSPS) is 12.5. The lowest BCUT2D eigenvalue weighted by Crippen LogP contribution is -2.29. The molecule has 0 amide bonds. The molecule has 0 saturated heterocycles.